The molecule has 1 atom stereocenters. The zero-order chi connectivity index (χ0) is 15.7. The van der Waals surface area contributed by atoms with Crippen molar-refractivity contribution in [2.24, 2.45) is 7.05 Å². The molecule has 0 fully saturated rings. The van der Waals surface area contributed by atoms with Crippen LogP contribution in [0.2, 0.25) is 5.15 Å². The molecule has 1 heterocycles. The number of carbonyl (C=O) groups is 2. The molecule has 1 unspecified atom stereocenters. The minimum absolute atomic E-state index is 0.329. The van der Waals surface area contributed by atoms with Gasteiger partial charge < -0.3 is 9.53 Å². The van der Waals surface area contributed by atoms with E-state index < -0.39 is 17.7 Å². The first-order valence-corrected chi connectivity index (χ1v) is 6.56. The number of nitrogens with zero attached hydrogens (tertiary/aromatic N) is 3. The third kappa shape index (κ3) is 3.50. The second-order valence-corrected chi connectivity index (χ2v) is 5.94. The summed E-state index contributed by atoms with van der Waals surface area (Å²) in [5.74, 6) is 0. The number of carbonyl (C=O) groups excluding carboxylic acids is 2. The molecule has 1 aromatic heterocycles. The highest BCUT2D eigenvalue weighted by Crippen LogP contribution is 2.29. The van der Waals surface area contributed by atoms with Gasteiger partial charge in [-0.25, -0.2) is 4.79 Å². The number of ether oxygens (including phenoxy) is 1. The van der Waals surface area contributed by atoms with E-state index in [9.17, 15) is 9.59 Å². The predicted octanol–water partition coefficient (Wildman–Crippen LogP) is 2.49. The lowest BCUT2D eigenvalue weighted by molar-refractivity contribution is -0.112. The van der Waals surface area contributed by atoms with Crippen molar-refractivity contribution >= 4 is 24.0 Å². The fourth-order valence-electron chi connectivity index (χ4n) is 1.78. The van der Waals surface area contributed by atoms with Crippen molar-refractivity contribution in [3.63, 3.8) is 0 Å². The van der Waals surface area contributed by atoms with Gasteiger partial charge in [0.05, 0.1) is 5.69 Å². The Bertz CT molecular complexity index is 520. The van der Waals surface area contributed by atoms with E-state index in [4.69, 9.17) is 16.3 Å². The highest BCUT2D eigenvalue weighted by Gasteiger charge is 2.30. The van der Waals surface area contributed by atoms with E-state index in [0.717, 1.165) is 0 Å². The largest absolute Gasteiger partial charge is 0.444 e. The Labute approximate surface area is 123 Å². The van der Waals surface area contributed by atoms with Gasteiger partial charge in [-0.3, -0.25) is 9.58 Å². The number of hydrogen-bond acceptors (Lipinski definition) is 4. The first-order chi connectivity index (χ1) is 9.08. The average Bonchev–Trinajstić information content (AvgIpc) is 2.54. The molecule has 0 aliphatic carbocycles. The van der Waals surface area contributed by atoms with Gasteiger partial charge in [-0.05, 0) is 27.7 Å². The number of hydrogen-bond donors (Lipinski definition) is 0. The van der Waals surface area contributed by atoms with Crippen LogP contribution in [0.15, 0.2) is 0 Å². The molecule has 1 rings (SSSR count). The number of aldehydes is 1. The van der Waals surface area contributed by atoms with Crippen molar-refractivity contribution in [3.05, 3.63) is 16.4 Å². The van der Waals surface area contributed by atoms with Gasteiger partial charge in [-0.15, -0.1) is 0 Å². The molecule has 0 aliphatic rings. The third-order valence-corrected chi connectivity index (χ3v) is 3.17. The second-order valence-electron chi connectivity index (χ2n) is 5.59. The summed E-state index contributed by atoms with van der Waals surface area (Å²) in [6.07, 6.45) is 0.0636. The zero-order valence-electron chi connectivity index (χ0n) is 12.6. The molecule has 1 amide bonds. The van der Waals surface area contributed by atoms with E-state index in [1.165, 1.54) is 16.6 Å². The number of aromatic nitrogens is 2. The van der Waals surface area contributed by atoms with Crippen molar-refractivity contribution in [1.82, 2.24) is 14.7 Å². The van der Waals surface area contributed by atoms with Crippen LogP contribution < -0.4 is 0 Å². The molecule has 7 heteroatoms. The van der Waals surface area contributed by atoms with Crippen LogP contribution in [0.25, 0.3) is 0 Å². The number of halogens is 1. The summed E-state index contributed by atoms with van der Waals surface area (Å²) >= 11 is 6.13. The van der Waals surface area contributed by atoms with Gasteiger partial charge in [-0.2, -0.15) is 5.10 Å². The Morgan fingerprint density at radius 2 is 2.05 bits per heavy atom. The standard InChI is InChI=1S/C13H20ClN3O3/c1-8-10(11(14)17(6)15-8)9(7-18)16(5)12(19)20-13(2,3)4/h7,9H,1-6H3. The van der Waals surface area contributed by atoms with Gasteiger partial charge in [0.15, 0.2) is 0 Å². The fraction of sp³-hybridized carbons (Fsp3) is 0.615. The summed E-state index contributed by atoms with van der Waals surface area (Å²) < 4.78 is 6.71. The van der Waals surface area contributed by atoms with Crippen molar-refractivity contribution in [2.75, 3.05) is 7.05 Å². The molecule has 0 saturated carbocycles. The molecule has 0 radical (unpaired) electrons. The lowest BCUT2D eigenvalue weighted by atomic mass is 10.1. The Hall–Kier alpha value is -1.56. The zero-order valence-corrected chi connectivity index (χ0v) is 13.4. The maximum atomic E-state index is 12.0. The summed E-state index contributed by atoms with van der Waals surface area (Å²) in [6, 6.07) is -0.828. The molecular weight excluding hydrogens is 282 g/mol. The van der Waals surface area contributed by atoms with E-state index in [2.05, 4.69) is 5.10 Å². The summed E-state index contributed by atoms with van der Waals surface area (Å²) in [4.78, 5) is 24.6. The Morgan fingerprint density at radius 3 is 2.40 bits per heavy atom. The van der Waals surface area contributed by atoms with Crippen molar-refractivity contribution in [1.29, 1.82) is 0 Å². The van der Waals surface area contributed by atoms with Gasteiger partial charge in [0.1, 0.15) is 23.1 Å². The highest BCUT2D eigenvalue weighted by molar-refractivity contribution is 6.30. The molecule has 0 aliphatic heterocycles. The third-order valence-electron chi connectivity index (χ3n) is 2.72. The van der Waals surface area contributed by atoms with Crippen LogP contribution in [0.3, 0.4) is 0 Å². The van der Waals surface area contributed by atoms with Crippen LogP contribution in [-0.4, -0.2) is 39.7 Å². The molecule has 0 N–H and O–H groups in total. The molecule has 0 spiro atoms. The monoisotopic (exact) mass is 301 g/mol. The molecule has 1 aromatic rings. The normalized spacial score (nSPS) is 12.9. The van der Waals surface area contributed by atoms with Crippen LogP contribution in [-0.2, 0) is 16.6 Å². The SMILES string of the molecule is Cc1nn(C)c(Cl)c1C(C=O)N(C)C(=O)OC(C)(C)C. The highest BCUT2D eigenvalue weighted by atomic mass is 35.5. The Kier molecular flexibility index (Phi) is 4.81. The van der Waals surface area contributed by atoms with Crippen LogP contribution in [0.4, 0.5) is 4.79 Å². The Morgan fingerprint density at radius 1 is 1.50 bits per heavy atom. The number of rotatable bonds is 3. The first-order valence-electron chi connectivity index (χ1n) is 6.18. The molecule has 0 aromatic carbocycles. The van der Waals surface area contributed by atoms with Gasteiger partial charge in [0.2, 0.25) is 0 Å². The van der Waals surface area contributed by atoms with Crippen LogP contribution in [0.5, 0.6) is 0 Å². The summed E-state index contributed by atoms with van der Waals surface area (Å²) in [5.41, 5.74) is 0.481. The minimum atomic E-state index is -0.828. The molecule has 6 nitrogen and oxygen atoms in total. The first kappa shape index (κ1) is 16.5. The Balaban J connectivity index is 3.07. The van der Waals surface area contributed by atoms with Crippen LogP contribution in [0, 0.1) is 6.92 Å². The second kappa shape index (κ2) is 5.83. The summed E-state index contributed by atoms with van der Waals surface area (Å²) in [6.45, 7) is 7.02. The molecule has 20 heavy (non-hydrogen) atoms. The number of aryl methyl sites for hydroxylation is 2. The molecular formula is C13H20ClN3O3. The van der Waals surface area contributed by atoms with E-state index >= 15 is 0 Å². The smallest absolute Gasteiger partial charge is 0.410 e. The lowest BCUT2D eigenvalue weighted by Gasteiger charge is -2.28. The lowest BCUT2D eigenvalue weighted by Crippen LogP contribution is -2.37. The number of amides is 1. The van der Waals surface area contributed by atoms with Crippen LogP contribution >= 0.6 is 11.6 Å². The van der Waals surface area contributed by atoms with Crippen molar-refractivity contribution in [2.45, 2.75) is 39.3 Å². The van der Waals surface area contributed by atoms with E-state index in [1.54, 1.807) is 34.7 Å². The molecule has 112 valence electrons. The fourth-order valence-corrected chi connectivity index (χ4v) is 2.07. The quantitative estimate of drug-likeness (QED) is 0.805. The van der Waals surface area contributed by atoms with Crippen molar-refractivity contribution < 1.29 is 14.3 Å². The maximum absolute atomic E-state index is 12.0. The van der Waals surface area contributed by atoms with E-state index in [-0.39, 0.29) is 0 Å². The van der Waals surface area contributed by atoms with Gasteiger partial charge in [0.25, 0.3) is 0 Å². The maximum Gasteiger partial charge on any atom is 0.410 e. The van der Waals surface area contributed by atoms with Gasteiger partial charge in [-0.1, -0.05) is 11.6 Å². The van der Waals surface area contributed by atoms with E-state index in [1.807, 2.05) is 0 Å². The molecule has 0 saturated heterocycles. The summed E-state index contributed by atoms with van der Waals surface area (Å²) in [7, 11) is 3.17. The van der Waals surface area contributed by atoms with Gasteiger partial charge in [0, 0.05) is 19.7 Å². The average molecular weight is 302 g/mol. The predicted molar refractivity (Wildman–Crippen MR) is 75.8 cm³/mol. The summed E-state index contributed by atoms with van der Waals surface area (Å²) in [5, 5.41) is 4.47. The molecule has 0 bridgehead atoms. The number of likely N-dealkylation sites (N-methyl/N-ethyl adjacent to an activating group) is 1. The topological polar surface area (TPSA) is 64.4 Å². The van der Waals surface area contributed by atoms with E-state index in [0.29, 0.717) is 22.7 Å². The van der Waals surface area contributed by atoms with Gasteiger partial charge >= 0.3 is 6.09 Å². The van der Waals surface area contributed by atoms with Crippen molar-refractivity contribution in [3.8, 4) is 0 Å². The minimum Gasteiger partial charge on any atom is -0.444 e. The van der Waals surface area contributed by atoms with Crippen LogP contribution in [0.1, 0.15) is 38.1 Å².